The van der Waals surface area contributed by atoms with Crippen molar-refractivity contribution >= 4 is 10.0 Å². The first kappa shape index (κ1) is 19.1. The van der Waals surface area contributed by atoms with Gasteiger partial charge in [0.15, 0.2) is 0 Å². The highest BCUT2D eigenvalue weighted by atomic mass is 32.2. The van der Waals surface area contributed by atoms with Crippen LogP contribution in [0.25, 0.3) is 5.69 Å². The van der Waals surface area contributed by atoms with E-state index in [-0.39, 0.29) is 17.3 Å². The van der Waals surface area contributed by atoms with Gasteiger partial charge in [0, 0.05) is 6.54 Å². The Kier molecular flexibility index (Phi) is 5.29. The molecule has 0 bridgehead atoms. The zero-order valence-corrected chi connectivity index (χ0v) is 16.0. The van der Waals surface area contributed by atoms with Gasteiger partial charge in [0.25, 0.3) is 0 Å². The van der Waals surface area contributed by atoms with Crippen LogP contribution in [0.1, 0.15) is 17.0 Å². The maximum Gasteiger partial charge on any atom is 0.244 e. The predicted molar refractivity (Wildman–Crippen MR) is 100 cm³/mol. The average Bonchev–Trinajstić information content (AvgIpc) is 2.96. The number of sulfonamides is 1. The molecule has 3 rings (SSSR count). The molecule has 2 aromatic carbocycles. The van der Waals surface area contributed by atoms with E-state index in [1.165, 1.54) is 16.8 Å². The first-order valence-electron chi connectivity index (χ1n) is 8.26. The topological polar surface area (TPSA) is 73.2 Å². The lowest BCUT2D eigenvalue weighted by molar-refractivity contribution is 0.414. The molecule has 0 spiro atoms. The molecule has 1 heterocycles. The van der Waals surface area contributed by atoms with Crippen molar-refractivity contribution in [2.45, 2.75) is 25.3 Å². The standard InChI is InChI=1S/C19H20FN3O3S/c1-13-19(14(2)23(22-13)17-8-6-16(20)7-9-17)27(24,25)21-12-15-4-10-18(26-3)11-5-15/h4-11,21H,12H2,1-3H3. The highest BCUT2D eigenvalue weighted by Crippen LogP contribution is 2.23. The fourth-order valence-corrected chi connectivity index (χ4v) is 4.25. The fraction of sp³-hybridized carbons (Fsp3) is 0.211. The smallest absolute Gasteiger partial charge is 0.244 e. The summed E-state index contributed by atoms with van der Waals surface area (Å²) >= 11 is 0. The Morgan fingerprint density at radius 1 is 1.07 bits per heavy atom. The molecule has 8 heteroatoms. The van der Waals surface area contributed by atoms with Crippen molar-refractivity contribution in [1.29, 1.82) is 0 Å². The lowest BCUT2D eigenvalue weighted by Crippen LogP contribution is -2.24. The van der Waals surface area contributed by atoms with Crippen molar-refractivity contribution in [3.63, 3.8) is 0 Å². The minimum atomic E-state index is -3.77. The molecular weight excluding hydrogens is 369 g/mol. The minimum Gasteiger partial charge on any atom is -0.497 e. The normalized spacial score (nSPS) is 11.6. The SMILES string of the molecule is COc1ccc(CNS(=O)(=O)c2c(C)nn(-c3ccc(F)cc3)c2C)cc1. The van der Waals surface area contributed by atoms with Gasteiger partial charge in [0.2, 0.25) is 10.0 Å². The van der Waals surface area contributed by atoms with Crippen LogP contribution in [0, 0.1) is 19.7 Å². The van der Waals surface area contributed by atoms with Gasteiger partial charge >= 0.3 is 0 Å². The summed E-state index contributed by atoms with van der Waals surface area (Å²) in [6, 6.07) is 12.8. The Morgan fingerprint density at radius 3 is 2.30 bits per heavy atom. The number of nitrogens with one attached hydrogen (secondary N) is 1. The van der Waals surface area contributed by atoms with E-state index >= 15 is 0 Å². The molecule has 1 aromatic heterocycles. The minimum absolute atomic E-state index is 0.125. The number of benzene rings is 2. The van der Waals surface area contributed by atoms with Gasteiger partial charge in [-0.25, -0.2) is 22.2 Å². The van der Waals surface area contributed by atoms with Crippen molar-refractivity contribution in [2.24, 2.45) is 0 Å². The second-order valence-electron chi connectivity index (χ2n) is 6.06. The molecular formula is C19H20FN3O3S. The second-order valence-corrected chi connectivity index (χ2v) is 7.76. The van der Waals surface area contributed by atoms with Crippen molar-refractivity contribution < 1.29 is 17.5 Å². The molecule has 0 aliphatic carbocycles. The summed E-state index contributed by atoms with van der Waals surface area (Å²) in [6.07, 6.45) is 0. The zero-order chi connectivity index (χ0) is 19.6. The first-order valence-corrected chi connectivity index (χ1v) is 9.75. The molecule has 1 N–H and O–H groups in total. The van der Waals surface area contributed by atoms with E-state index in [1.807, 2.05) is 0 Å². The molecule has 0 unspecified atom stereocenters. The molecule has 0 radical (unpaired) electrons. The lowest BCUT2D eigenvalue weighted by atomic mass is 10.2. The van der Waals surface area contributed by atoms with Crippen LogP contribution in [0.4, 0.5) is 4.39 Å². The third-order valence-electron chi connectivity index (χ3n) is 4.19. The van der Waals surface area contributed by atoms with Gasteiger partial charge < -0.3 is 4.74 Å². The summed E-state index contributed by atoms with van der Waals surface area (Å²) in [6.45, 7) is 3.45. The van der Waals surface area contributed by atoms with E-state index < -0.39 is 10.0 Å². The Labute approximate surface area is 157 Å². The van der Waals surface area contributed by atoms with Crippen molar-refractivity contribution in [1.82, 2.24) is 14.5 Å². The van der Waals surface area contributed by atoms with Crippen LogP contribution in [0.2, 0.25) is 0 Å². The first-order chi connectivity index (χ1) is 12.8. The average molecular weight is 389 g/mol. The van der Waals surface area contributed by atoms with Gasteiger partial charge in [-0.15, -0.1) is 0 Å². The molecule has 0 atom stereocenters. The van der Waals surface area contributed by atoms with Gasteiger partial charge in [-0.05, 0) is 55.8 Å². The van der Waals surface area contributed by atoms with Crippen LogP contribution >= 0.6 is 0 Å². The van der Waals surface area contributed by atoms with E-state index in [0.29, 0.717) is 22.8 Å². The molecule has 0 amide bonds. The van der Waals surface area contributed by atoms with Gasteiger partial charge in [-0.3, -0.25) is 0 Å². The third-order valence-corrected chi connectivity index (χ3v) is 5.84. The summed E-state index contributed by atoms with van der Waals surface area (Å²) < 4.78 is 48.0. The number of hydrogen-bond donors (Lipinski definition) is 1. The number of methoxy groups -OCH3 is 1. The highest BCUT2D eigenvalue weighted by molar-refractivity contribution is 7.89. The number of nitrogens with zero attached hydrogens (tertiary/aromatic N) is 2. The predicted octanol–water partition coefficient (Wildman–Crippen LogP) is 3.12. The quantitative estimate of drug-likeness (QED) is 0.703. The molecule has 3 aromatic rings. The molecule has 142 valence electrons. The molecule has 6 nitrogen and oxygen atoms in total. The van der Waals surface area contributed by atoms with Crippen molar-refractivity contribution in [2.75, 3.05) is 7.11 Å². The molecule has 0 saturated carbocycles. The number of ether oxygens (including phenoxy) is 1. The van der Waals surface area contributed by atoms with Crippen LogP contribution in [-0.2, 0) is 16.6 Å². The molecule has 0 fully saturated rings. The van der Waals surface area contributed by atoms with Crippen LogP contribution in [0.5, 0.6) is 5.75 Å². The second kappa shape index (κ2) is 7.50. The Bertz CT molecular complexity index is 1040. The van der Waals surface area contributed by atoms with Gasteiger partial charge in [-0.2, -0.15) is 5.10 Å². The molecule has 0 aliphatic heterocycles. The summed E-state index contributed by atoms with van der Waals surface area (Å²) in [5.74, 6) is 0.336. The monoisotopic (exact) mass is 389 g/mol. The summed E-state index contributed by atoms with van der Waals surface area (Å²) in [7, 11) is -2.20. The zero-order valence-electron chi connectivity index (χ0n) is 15.2. The summed E-state index contributed by atoms with van der Waals surface area (Å²) in [4.78, 5) is 0.125. The van der Waals surface area contributed by atoms with E-state index in [4.69, 9.17) is 4.74 Å². The number of aryl methyl sites for hydroxylation is 1. The van der Waals surface area contributed by atoms with Crippen LogP contribution in [0.15, 0.2) is 53.4 Å². The largest absolute Gasteiger partial charge is 0.497 e. The maximum atomic E-state index is 13.1. The summed E-state index contributed by atoms with van der Waals surface area (Å²) in [5.41, 5.74) is 2.23. The number of halogens is 1. The molecule has 0 aliphatic rings. The van der Waals surface area contributed by atoms with E-state index in [1.54, 1.807) is 57.4 Å². The van der Waals surface area contributed by atoms with Crippen LogP contribution in [0.3, 0.4) is 0 Å². The molecule has 0 saturated heterocycles. The Balaban J connectivity index is 1.86. The van der Waals surface area contributed by atoms with Crippen molar-refractivity contribution in [3.05, 3.63) is 71.3 Å². The fourth-order valence-electron chi connectivity index (χ4n) is 2.84. The Morgan fingerprint density at radius 2 is 1.70 bits per heavy atom. The maximum absolute atomic E-state index is 13.1. The van der Waals surface area contributed by atoms with Gasteiger partial charge in [0.1, 0.15) is 16.5 Å². The summed E-state index contributed by atoms with van der Waals surface area (Å²) in [5, 5.41) is 4.31. The lowest BCUT2D eigenvalue weighted by Gasteiger charge is -2.09. The van der Waals surface area contributed by atoms with E-state index in [2.05, 4.69) is 9.82 Å². The molecule has 27 heavy (non-hydrogen) atoms. The van der Waals surface area contributed by atoms with Gasteiger partial charge in [0.05, 0.1) is 24.2 Å². The number of aromatic nitrogens is 2. The Hall–Kier alpha value is -2.71. The number of rotatable bonds is 6. The van der Waals surface area contributed by atoms with E-state index in [0.717, 1.165) is 5.56 Å². The highest BCUT2D eigenvalue weighted by Gasteiger charge is 2.25. The van der Waals surface area contributed by atoms with Gasteiger partial charge in [-0.1, -0.05) is 12.1 Å². The van der Waals surface area contributed by atoms with Crippen LogP contribution in [-0.4, -0.2) is 25.3 Å². The third kappa shape index (κ3) is 4.01. The van der Waals surface area contributed by atoms with Crippen molar-refractivity contribution in [3.8, 4) is 11.4 Å². The number of hydrogen-bond acceptors (Lipinski definition) is 4. The van der Waals surface area contributed by atoms with Crippen LogP contribution < -0.4 is 9.46 Å². The van der Waals surface area contributed by atoms with E-state index in [9.17, 15) is 12.8 Å².